The van der Waals surface area contributed by atoms with Crippen LogP contribution in [0.3, 0.4) is 0 Å². The van der Waals surface area contributed by atoms with E-state index in [0.29, 0.717) is 29.2 Å². The molecule has 3 heterocycles. The lowest BCUT2D eigenvalue weighted by molar-refractivity contribution is -0.141. The maximum absolute atomic E-state index is 14.4. The fourth-order valence-corrected chi connectivity index (χ4v) is 9.12. The summed E-state index contributed by atoms with van der Waals surface area (Å²) in [4.78, 5) is 43.8. The van der Waals surface area contributed by atoms with Crippen LogP contribution in [0.5, 0.6) is 0 Å². The van der Waals surface area contributed by atoms with E-state index in [1.54, 1.807) is 40.9 Å². The number of aliphatic hydroxyl groups excluding tert-OH is 1. The van der Waals surface area contributed by atoms with Crippen molar-refractivity contribution in [2.45, 2.75) is 41.3 Å². The smallest absolute Gasteiger partial charge is 0.248 e. The van der Waals surface area contributed by atoms with Gasteiger partial charge in [-0.05, 0) is 49.1 Å². The van der Waals surface area contributed by atoms with Crippen LogP contribution < -0.4 is 10.6 Å². The lowest BCUT2D eigenvalue weighted by Gasteiger charge is -2.37. The summed E-state index contributed by atoms with van der Waals surface area (Å²) in [6.45, 7) is -0.311. The van der Waals surface area contributed by atoms with Crippen LogP contribution in [0.15, 0.2) is 84.9 Å². The maximum Gasteiger partial charge on any atom is 0.248 e. The number of halogens is 1. The Labute approximate surface area is 242 Å². The van der Waals surface area contributed by atoms with Gasteiger partial charge < -0.3 is 20.6 Å². The predicted octanol–water partition coefficient (Wildman–Crippen LogP) is 4.61. The number of carbonyl (C=O) groups is 3. The molecule has 3 amide bonds. The van der Waals surface area contributed by atoms with E-state index in [1.165, 1.54) is 0 Å². The van der Waals surface area contributed by atoms with Gasteiger partial charge in [-0.3, -0.25) is 14.4 Å². The monoisotopic (exact) mass is 575 g/mol. The van der Waals surface area contributed by atoms with Crippen LogP contribution in [0.4, 0.5) is 11.4 Å². The third-order valence-corrected chi connectivity index (χ3v) is 10.7. The Morgan fingerprint density at radius 2 is 1.65 bits per heavy atom. The van der Waals surface area contributed by atoms with Crippen molar-refractivity contribution in [1.82, 2.24) is 4.90 Å². The molecule has 0 radical (unpaired) electrons. The number of rotatable bonds is 8. The number of thioether (sulfide) groups is 1. The molecule has 9 heteroatoms. The molecule has 0 aromatic heterocycles. The Morgan fingerprint density at radius 1 is 0.975 bits per heavy atom. The number of likely N-dealkylation sites (tertiary alicyclic amines) is 1. The van der Waals surface area contributed by atoms with Crippen molar-refractivity contribution in [3.05, 3.63) is 95.5 Å². The summed E-state index contributed by atoms with van der Waals surface area (Å²) in [5.74, 6) is -2.07. The van der Waals surface area contributed by atoms with Crippen molar-refractivity contribution < 1.29 is 19.5 Å². The second kappa shape index (κ2) is 10.9. The Morgan fingerprint density at radius 3 is 2.35 bits per heavy atom. The zero-order chi connectivity index (χ0) is 27.9. The predicted molar refractivity (Wildman–Crippen MR) is 157 cm³/mol. The van der Waals surface area contributed by atoms with Gasteiger partial charge in [0.2, 0.25) is 17.7 Å². The number of nitrogens with zero attached hydrogens (tertiary/aromatic N) is 1. The lowest BCUT2D eigenvalue weighted by atomic mass is 9.70. The van der Waals surface area contributed by atoms with E-state index in [4.69, 9.17) is 11.6 Å². The van der Waals surface area contributed by atoms with Crippen molar-refractivity contribution in [2.75, 3.05) is 17.2 Å². The minimum atomic E-state index is -0.869. The average Bonchev–Trinajstić information content (AvgIpc) is 3.61. The van der Waals surface area contributed by atoms with Gasteiger partial charge in [-0.15, -0.1) is 11.8 Å². The molecular weight excluding hydrogens is 546 g/mol. The topological polar surface area (TPSA) is 98.7 Å². The maximum atomic E-state index is 14.4. The van der Waals surface area contributed by atoms with E-state index >= 15 is 0 Å². The zero-order valence-corrected chi connectivity index (χ0v) is 23.3. The number of anilines is 2. The first-order valence-corrected chi connectivity index (χ1v) is 14.7. The third-order valence-electron chi connectivity index (χ3n) is 8.38. The lowest BCUT2D eigenvalue weighted by Crippen LogP contribution is -2.55. The van der Waals surface area contributed by atoms with Gasteiger partial charge in [-0.1, -0.05) is 72.3 Å². The van der Waals surface area contributed by atoms with Gasteiger partial charge in [0.1, 0.15) is 6.04 Å². The largest absolute Gasteiger partial charge is 0.394 e. The molecule has 7 nitrogen and oxygen atoms in total. The first-order valence-electron chi connectivity index (χ1n) is 13.5. The molecule has 2 bridgehead atoms. The molecule has 3 N–H and O–H groups in total. The van der Waals surface area contributed by atoms with E-state index in [9.17, 15) is 19.5 Å². The Hall–Kier alpha value is -3.33. The highest BCUT2D eigenvalue weighted by atomic mass is 35.5. The van der Waals surface area contributed by atoms with Crippen molar-refractivity contribution in [1.29, 1.82) is 0 Å². The van der Waals surface area contributed by atoms with Crippen LogP contribution in [0.2, 0.25) is 5.02 Å². The summed E-state index contributed by atoms with van der Waals surface area (Å²) in [5.41, 5.74) is 2.08. The number of carbonyl (C=O) groups excluding carboxylic acids is 3. The van der Waals surface area contributed by atoms with Crippen LogP contribution in [0, 0.1) is 11.8 Å². The molecule has 2 unspecified atom stereocenters. The van der Waals surface area contributed by atoms with Crippen LogP contribution in [-0.4, -0.2) is 56.4 Å². The average molecular weight is 576 g/mol. The number of hydrogen-bond acceptors (Lipinski definition) is 5. The minimum absolute atomic E-state index is 0.0721. The summed E-state index contributed by atoms with van der Waals surface area (Å²) in [6, 6.07) is 24.3. The highest BCUT2D eigenvalue weighted by molar-refractivity contribution is 8.02. The SMILES string of the molecule is O=C(Nc1ccccc1Cl)C1N([C@@H](CO)Cc2ccccc2)C(=O)[C@@H]2[C@@H](C(=O)Nc3ccccc3)[C@H]3CCC12S3. The second-order valence-corrected chi connectivity index (χ2v) is 12.7. The molecule has 0 aliphatic carbocycles. The molecule has 3 aromatic carbocycles. The van der Waals surface area contributed by atoms with Gasteiger partial charge in [0.15, 0.2) is 0 Å². The normalized spacial score (nSPS) is 27.4. The van der Waals surface area contributed by atoms with Gasteiger partial charge in [0, 0.05) is 10.9 Å². The number of benzene rings is 3. The molecular formula is C31H30ClN3O4S. The standard InChI is InChI=1S/C31H30ClN3O4S/c32-22-13-7-8-14-23(22)34-29(38)27-31-16-15-24(40-31)25(28(37)33-20-11-5-2-6-12-20)26(31)30(39)35(27)21(18-36)17-19-9-3-1-4-10-19/h1-14,21,24-27,36H,15-18H2,(H,33,37)(H,34,38)/t21-,24-,25+,26+,27?,31?/m1/s1. The molecule has 3 aliphatic heterocycles. The summed E-state index contributed by atoms with van der Waals surface area (Å²) in [6.07, 6.45) is 1.75. The molecule has 6 atom stereocenters. The van der Waals surface area contributed by atoms with Gasteiger partial charge in [-0.2, -0.15) is 0 Å². The van der Waals surface area contributed by atoms with E-state index < -0.39 is 28.7 Å². The quantitative estimate of drug-likeness (QED) is 0.364. The molecule has 6 rings (SSSR count). The molecule has 40 heavy (non-hydrogen) atoms. The number of amides is 3. The summed E-state index contributed by atoms with van der Waals surface area (Å²) in [5, 5.41) is 16.8. The van der Waals surface area contributed by atoms with E-state index in [0.717, 1.165) is 12.0 Å². The fraction of sp³-hybridized carbons (Fsp3) is 0.323. The number of nitrogens with one attached hydrogen (secondary N) is 2. The molecule has 206 valence electrons. The van der Waals surface area contributed by atoms with E-state index in [1.807, 2.05) is 60.7 Å². The number of aliphatic hydroxyl groups is 1. The highest BCUT2D eigenvalue weighted by Crippen LogP contribution is 2.66. The summed E-state index contributed by atoms with van der Waals surface area (Å²) in [7, 11) is 0. The van der Waals surface area contributed by atoms with Crippen LogP contribution in [-0.2, 0) is 20.8 Å². The van der Waals surface area contributed by atoms with E-state index in [-0.39, 0.29) is 29.6 Å². The molecule has 3 fully saturated rings. The first-order chi connectivity index (χ1) is 19.4. The minimum Gasteiger partial charge on any atom is -0.394 e. The van der Waals surface area contributed by atoms with Crippen molar-refractivity contribution >= 4 is 52.5 Å². The molecule has 3 aromatic rings. The summed E-state index contributed by atoms with van der Waals surface area (Å²) < 4.78 is -0.782. The number of hydrogen-bond donors (Lipinski definition) is 3. The fourth-order valence-electron chi connectivity index (χ4n) is 6.73. The second-order valence-electron chi connectivity index (χ2n) is 10.7. The van der Waals surface area contributed by atoms with Crippen molar-refractivity contribution in [2.24, 2.45) is 11.8 Å². The van der Waals surface area contributed by atoms with Crippen molar-refractivity contribution in [3.8, 4) is 0 Å². The molecule has 3 saturated heterocycles. The Bertz CT molecular complexity index is 1420. The number of para-hydroxylation sites is 2. The summed E-state index contributed by atoms with van der Waals surface area (Å²) >= 11 is 7.96. The van der Waals surface area contributed by atoms with Gasteiger partial charge in [0.25, 0.3) is 0 Å². The highest BCUT2D eigenvalue weighted by Gasteiger charge is 2.74. The van der Waals surface area contributed by atoms with Crippen molar-refractivity contribution in [3.63, 3.8) is 0 Å². The van der Waals surface area contributed by atoms with Crippen LogP contribution in [0.25, 0.3) is 0 Å². The van der Waals surface area contributed by atoms with Gasteiger partial charge in [-0.25, -0.2) is 0 Å². The Kier molecular flexibility index (Phi) is 7.33. The number of fused-ring (bicyclic) bond motifs is 1. The van der Waals surface area contributed by atoms with Crippen LogP contribution in [0.1, 0.15) is 18.4 Å². The molecule has 3 aliphatic rings. The zero-order valence-electron chi connectivity index (χ0n) is 21.7. The molecule has 1 spiro atoms. The molecule has 0 saturated carbocycles. The van der Waals surface area contributed by atoms with E-state index in [2.05, 4.69) is 10.6 Å². The van der Waals surface area contributed by atoms with Gasteiger partial charge in [0.05, 0.1) is 39.9 Å². The third kappa shape index (κ3) is 4.58. The Balaban J connectivity index is 1.38. The van der Waals surface area contributed by atoms with Gasteiger partial charge >= 0.3 is 0 Å². The van der Waals surface area contributed by atoms with Crippen LogP contribution >= 0.6 is 23.4 Å². The first kappa shape index (κ1) is 26.9.